The van der Waals surface area contributed by atoms with Gasteiger partial charge in [0.1, 0.15) is 11.4 Å². The van der Waals surface area contributed by atoms with Crippen LogP contribution in [0.1, 0.15) is 29.8 Å². The largest absolute Gasteiger partial charge is 0.451 e. The van der Waals surface area contributed by atoms with E-state index in [0.29, 0.717) is 30.5 Å². The Morgan fingerprint density at radius 2 is 2.13 bits per heavy atom. The SMILES string of the molecule is O=C(c1cc2cc(F)ccc2o1)N1CCC(N2CCCC2=O)C1. The molecule has 2 aromatic rings. The van der Waals surface area contributed by atoms with Gasteiger partial charge in [0.25, 0.3) is 5.91 Å². The van der Waals surface area contributed by atoms with Crippen LogP contribution < -0.4 is 0 Å². The van der Waals surface area contributed by atoms with Crippen LogP contribution in [0.25, 0.3) is 11.0 Å². The second-order valence-electron chi connectivity index (χ2n) is 6.18. The Bertz CT molecular complexity index is 785. The number of nitrogens with zero attached hydrogens (tertiary/aromatic N) is 2. The number of likely N-dealkylation sites (tertiary alicyclic amines) is 2. The van der Waals surface area contributed by atoms with Gasteiger partial charge in [0.05, 0.1) is 6.04 Å². The zero-order chi connectivity index (χ0) is 16.0. The third-order valence-electron chi connectivity index (χ3n) is 4.69. The summed E-state index contributed by atoms with van der Waals surface area (Å²) in [5.41, 5.74) is 0.500. The highest BCUT2D eigenvalue weighted by Crippen LogP contribution is 2.25. The Morgan fingerprint density at radius 3 is 2.91 bits per heavy atom. The Morgan fingerprint density at radius 1 is 1.26 bits per heavy atom. The van der Waals surface area contributed by atoms with Gasteiger partial charge in [0, 0.05) is 31.4 Å². The summed E-state index contributed by atoms with van der Waals surface area (Å²) in [6, 6.07) is 5.87. The number of halogens is 1. The summed E-state index contributed by atoms with van der Waals surface area (Å²) < 4.78 is 18.8. The summed E-state index contributed by atoms with van der Waals surface area (Å²) in [5, 5.41) is 0.582. The molecule has 4 rings (SSSR count). The Labute approximate surface area is 132 Å². The molecule has 2 aliphatic heterocycles. The molecule has 6 heteroatoms. The number of amides is 2. The second kappa shape index (κ2) is 5.37. The molecule has 23 heavy (non-hydrogen) atoms. The lowest BCUT2D eigenvalue weighted by molar-refractivity contribution is -0.129. The summed E-state index contributed by atoms with van der Waals surface area (Å²) in [6.07, 6.45) is 2.31. The molecule has 1 atom stereocenters. The summed E-state index contributed by atoms with van der Waals surface area (Å²) in [4.78, 5) is 28.0. The van der Waals surface area contributed by atoms with E-state index >= 15 is 0 Å². The molecule has 120 valence electrons. The van der Waals surface area contributed by atoms with Crippen LogP contribution in [0, 0.1) is 5.82 Å². The van der Waals surface area contributed by atoms with E-state index in [2.05, 4.69) is 0 Å². The van der Waals surface area contributed by atoms with Crippen LogP contribution in [0.15, 0.2) is 28.7 Å². The van der Waals surface area contributed by atoms with Gasteiger partial charge in [-0.1, -0.05) is 0 Å². The van der Waals surface area contributed by atoms with E-state index in [0.717, 1.165) is 19.4 Å². The van der Waals surface area contributed by atoms with E-state index in [-0.39, 0.29) is 29.4 Å². The zero-order valence-corrected chi connectivity index (χ0v) is 12.6. The van der Waals surface area contributed by atoms with Crippen molar-refractivity contribution in [3.63, 3.8) is 0 Å². The predicted octanol–water partition coefficient (Wildman–Crippen LogP) is 2.41. The highest BCUT2D eigenvalue weighted by molar-refractivity contribution is 5.96. The zero-order valence-electron chi connectivity index (χ0n) is 12.6. The number of carbonyl (C=O) groups is 2. The van der Waals surface area contributed by atoms with E-state index in [4.69, 9.17) is 4.42 Å². The van der Waals surface area contributed by atoms with Crippen molar-refractivity contribution in [3.8, 4) is 0 Å². The van der Waals surface area contributed by atoms with Crippen molar-refractivity contribution in [1.29, 1.82) is 0 Å². The van der Waals surface area contributed by atoms with E-state index < -0.39 is 0 Å². The maximum atomic E-state index is 13.2. The van der Waals surface area contributed by atoms with Crippen LogP contribution in [0.5, 0.6) is 0 Å². The smallest absolute Gasteiger partial charge is 0.289 e. The first-order valence-electron chi connectivity index (χ1n) is 7.90. The lowest BCUT2D eigenvalue weighted by atomic mass is 10.2. The van der Waals surface area contributed by atoms with Crippen molar-refractivity contribution in [2.75, 3.05) is 19.6 Å². The normalized spacial score (nSPS) is 21.6. The highest BCUT2D eigenvalue weighted by Gasteiger charge is 2.35. The highest BCUT2D eigenvalue weighted by atomic mass is 19.1. The Hall–Kier alpha value is -2.37. The molecule has 2 fully saturated rings. The molecule has 2 amide bonds. The molecule has 1 aromatic heterocycles. The minimum atomic E-state index is -0.355. The van der Waals surface area contributed by atoms with Crippen molar-refractivity contribution in [2.24, 2.45) is 0 Å². The summed E-state index contributed by atoms with van der Waals surface area (Å²) in [5.74, 6) is -0.149. The quantitative estimate of drug-likeness (QED) is 0.855. The summed E-state index contributed by atoms with van der Waals surface area (Å²) in [7, 11) is 0. The standard InChI is InChI=1S/C17H17FN2O3/c18-12-3-4-14-11(8-12)9-15(23-14)17(22)19-7-5-13(10-19)20-6-1-2-16(20)21/h3-4,8-9,13H,1-2,5-7,10H2. The molecule has 3 heterocycles. The first kappa shape index (κ1) is 14.2. The van der Waals surface area contributed by atoms with E-state index in [1.807, 2.05) is 4.90 Å². The Balaban J connectivity index is 1.51. The first-order valence-corrected chi connectivity index (χ1v) is 7.90. The lowest BCUT2D eigenvalue weighted by Crippen LogP contribution is -2.39. The molecule has 0 spiro atoms. The molecular formula is C17H17FN2O3. The van der Waals surface area contributed by atoms with E-state index in [9.17, 15) is 14.0 Å². The molecule has 0 bridgehead atoms. The van der Waals surface area contributed by atoms with E-state index in [1.165, 1.54) is 18.2 Å². The van der Waals surface area contributed by atoms with Gasteiger partial charge >= 0.3 is 0 Å². The van der Waals surface area contributed by atoms with Gasteiger partial charge in [-0.2, -0.15) is 0 Å². The number of benzene rings is 1. The number of fused-ring (bicyclic) bond motifs is 1. The molecule has 5 nitrogen and oxygen atoms in total. The minimum absolute atomic E-state index is 0.107. The van der Waals surface area contributed by atoms with Crippen molar-refractivity contribution in [3.05, 3.63) is 35.8 Å². The van der Waals surface area contributed by atoms with Crippen LogP contribution >= 0.6 is 0 Å². The molecular weight excluding hydrogens is 299 g/mol. The number of rotatable bonds is 2. The summed E-state index contributed by atoms with van der Waals surface area (Å²) >= 11 is 0. The van der Waals surface area contributed by atoms with Crippen molar-refractivity contribution in [1.82, 2.24) is 9.80 Å². The fourth-order valence-corrected chi connectivity index (χ4v) is 3.51. The van der Waals surface area contributed by atoms with Crippen LogP contribution in [0.2, 0.25) is 0 Å². The van der Waals surface area contributed by atoms with Gasteiger partial charge in [-0.25, -0.2) is 4.39 Å². The molecule has 2 saturated heterocycles. The lowest BCUT2D eigenvalue weighted by Gasteiger charge is -2.23. The average molecular weight is 316 g/mol. The Kier molecular flexibility index (Phi) is 3.32. The van der Waals surface area contributed by atoms with E-state index in [1.54, 1.807) is 11.0 Å². The molecule has 1 unspecified atom stereocenters. The van der Waals surface area contributed by atoms with Crippen molar-refractivity contribution < 1.29 is 18.4 Å². The maximum absolute atomic E-state index is 13.2. The fourth-order valence-electron chi connectivity index (χ4n) is 3.51. The topological polar surface area (TPSA) is 53.8 Å². The monoisotopic (exact) mass is 316 g/mol. The second-order valence-corrected chi connectivity index (χ2v) is 6.18. The number of hydrogen-bond donors (Lipinski definition) is 0. The molecule has 2 aliphatic rings. The first-order chi connectivity index (χ1) is 11.1. The number of hydrogen-bond acceptors (Lipinski definition) is 3. The van der Waals surface area contributed by atoms with Crippen molar-refractivity contribution in [2.45, 2.75) is 25.3 Å². The van der Waals surface area contributed by atoms with Crippen LogP contribution in [0.4, 0.5) is 4.39 Å². The minimum Gasteiger partial charge on any atom is -0.451 e. The van der Waals surface area contributed by atoms with Gasteiger partial charge in [-0.3, -0.25) is 9.59 Å². The van der Waals surface area contributed by atoms with Gasteiger partial charge < -0.3 is 14.2 Å². The van der Waals surface area contributed by atoms with Crippen LogP contribution in [-0.2, 0) is 4.79 Å². The van der Waals surface area contributed by atoms with Crippen LogP contribution in [0.3, 0.4) is 0 Å². The molecule has 0 saturated carbocycles. The maximum Gasteiger partial charge on any atom is 0.289 e. The van der Waals surface area contributed by atoms with Gasteiger partial charge in [0.15, 0.2) is 5.76 Å². The number of carbonyl (C=O) groups excluding carboxylic acids is 2. The predicted molar refractivity (Wildman–Crippen MR) is 81.4 cm³/mol. The molecule has 0 N–H and O–H groups in total. The molecule has 1 aromatic carbocycles. The van der Waals surface area contributed by atoms with Gasteiger partial charge in [-0.05, 0) is 37.1 Å². The molecule has 0 aliphatic carbocycles. The molecule has 0 radical (unpaired) electrons. The summed E-state index contributed by atoms with van der Waals surface area (Å²) in [6.45, 7) is 1.93. The van der Waals surface area contributed by atoms with Gasteiger partial charge in [-0.15, -0.1) is 0 Å². The van der Waals surface area contributed by atoms with Gasteiger partial charge in [0.2, 0.25) is 5.91 Å². The third kappa shape index (κ3) is 2.48. The number of furan rings is 1. The fraction of sp³-hybridized carbons (Fsp3) is 0.412. The third-order valence-corrected chi connectivity index (χ3v) is 4.69. The van der Waals surface area contributed by atoms with Crippen molar-refractivity contribution >= 4 is 22.8 Å². The average Bonchev–Trinajstić information content (AvgIpc) is 3.23. The van der Waals surface area contributed by atoms with Crippen LogP contribution in [-0.4, -0.2) is 47.3 Å².